The normalized spacial score (nSPS) is 11.0. The smallest absolute Gasteiger partial charge is 0.335 e. The molecule has 200 valence electrons. The first-order valence-corrected chi connectivity index (χ1v) is 12.3. The average molecular weight is 546 g/mol. The summed E-state index contributed by atoms with van der Waals surface area (Å²) >= 11 is 0. The highest BCUT2D eigenvalue weighted by Crippen LogP contribution is 2.31. The van der Waals surface area contributed by atoms with E-state index < -0.39 is 11.9 Å². The number of halogens is 1. The summed E-state index contributed by atoms with van der Waals surface area (Å²) in [6.45, 7) is 0. The number of nitrogens with zero attached hydrogens (tertiary/aromatic N) is 5. The van der Waals surface area contributed by atoms with Crippen molar-refractivity contribution in [2.24, 2.45) is 0 Å². The summed E-state index contributed by atoms with van der Waals surface area (Å²) in [5.74, 6) is -0.796. The summed E-state index contributed by atoms with van der Waals surface area (Å²) in [7, 11) is 0. The minimum absolute atomic E-state index is 0.0813. The van der Waals surface area contributed by atoms with Crippen molar-refractivity contribution < 1.29 is 19.1 Å². The van der Waals surface area contributed by atoms with Crippen molar-refractivity contribution in [3.8, 4) is 28.3 Å². The first-order valence-electron chi connectivity index (χ1n) is 12.3. The lowest BCUT2D eigenvalue weighted by Crippen LogP contribution is -2.13. The maximum absolute atomic E-state index is 13.5. The number of hydrogen-bond acceptors (Lipinski definition) is 7. The summed E-state index contributed by atoms with van der Waals surface area (Å²) in [4.78, 5) is 42.0. The van der Waals surface area contributed by atoms with Gasteiger partial charge in [0.05, 0.1) is 28.7 Å². The third-order valence-electron chi connectivity index (χ3n) is 6.37. The molecular weight excluding hydrogens is 525 g/mol. The summed E-state index contributed by atoms with van der Waals surface area (Å²) in [6.07, 6.45) is 3.15. The van der Waals surface area contributed by atoms with Crippen LogP contribution in [-0.4, -0.2) is 41.5 Å². The number of carbonyl (C=O) groups is 2. The molecule has 4 N–H and O–H groups in total. The fourth-order valence-corrected chi connectivity index (χ4v) is 4.32. The summed E-state index contributed by atoms with van der Waals surface area (Å²) in [5, 5.41) is 11.8. The van der Waals surface area contributed by atoms with Crippen molar-refractivity contribution in [1.82, 2.24) is 24.5 Å². The molecule has 4 aromatic heterocycles. The van der Waals surface area contributed by atoms with Gasteiger partial charge < -0.3 is 16.2 Å². The van der Waals surface area contributed by atoms with Gasteiger partial charge in [0, 0.05) is 17.3 Å². The van der Waals surface area contributed by atoms with Crippen LogP contribution in [0.15, 0.2) is 97.3 Å². The number of benzene rings is 2. The highest BCUT2D eigenvalue weighted by molar-refractivity contribution is 6.04. The number of amides is 1. The number of pyridine rings is 3. The molecule has 0 saturated carbocycles. The van der Waals surface area contributed by atoms with Gasteiger partial charge in [0.15, 0.2) is 11.5 Å². The van der Waals surface area contributed by atoms with Gasteiger partial charge in [0.2, 0.25) is 0 Å². The molecular formula is C30H20FN7O3. The van der Waals surface area contributed by atoms with Crippen molar-refractivity contribution in [2.45, 2.75) is 0 Å². The van der Waals surface area contributed by atoms with Gasteiger partial charge in [-0.2, -0.15) is 0 Å². The van der Waals surface area contributed by atoms with Crippen molar-refractivity contribution in [3.05, 3.63) is 114 Å². The Hall–Kier alpha value is -5.97. The van der Waals surface area contributed by atoms with Crippen LogP contribution in [0.3, 0.4) is 0 Å². The molecule has 6 rings (SSSR count). The van der Waals surface area contributed by atoms with Gasteiger partial charge >= 0.3 is 5.97 Å². The molecule has 1 amide bonds. The molecule has 0 spiro atoms. The van der Waals surface area contributed by atoms with Gasteiger partial charge in [-0.25, -0.2) is 29.1 Å². The summed E-state index contributed by atoms with van der Waals surface area (Å²) < 4.78 is 15.3. The van der Waals surface area contributed by atoms with E-state index in [0.717, 1.165) is 5.56 Å². The molecule has 41 heavy (non-hydrogen) atoms. The fourth-order valence-electron chi connectivity index (χ4n) is 4.32. The molecule has 2 aromatic carbocycles. The van der Waals surface area contributed by atoms with Crippen molar-refractivity contribution >= 4 is 34.7 Å². The number of nitrogens with two attached hydrogens (primary N) is 1. The Morgan fingerprint density at radius 3 is 2.29 bits per heavy atom. The fraction of sp³-hybridized carbons (Fsp3) is 0. The topological polar surface area (TPSA) is 149 Å². The molecule has 0 radical (unpaired) electrons. The predicted octanol–water partition coefficient (Wildman–Crippen LogP) is 5.22. The van der Waals surface area contributed by atoms with E-state index in [-0.39, 0.29) is 28.6 Å². The van der Waals surface area contributed by atoms with Crippen LogP contribution >= 0.6 is 0 Å². The molecule has 6 aromatic rings. The van der Waals surface area contributed by atoms with Crippen molar-refractivity contribution in [1.29, 1.82) is 0 Å². The Morgan fingerprint density at radius 2 is 1.61 bits per heavy atom. The number of carboxylic acid groups (broad SMARTS) is 1. The highest BCUT2D eigenvalue weighted by Gasteiger charge is 2.19. The minimum Gasteiger partial charge on any atom is -0.478 e. The largest absolute Gasteiger partial charge is 0.478 e. The Labute approximate surface area is 232 Å². The molecule has 0 unspecified atom stereocenters. The molecule has 0 saturated heterocycles. The number of carbonyl (C=O) groups excluding carboxylic acids is 1. The number of imidazole rings is 1. The van der Waals surface area contributed by atoms with E-state index in [9.17, 15) is 14.0 Å². The lowest BCUT2D eigenvalue weighted by atomic mass is 10.1. The first-order chi connectivity index (χ1) is 19.9. The first kappa shape index (κ1) is 25.3. The highest BCUT2D eigenvalue weighted by atomic mass is 19.1. The number of carboxylic acids is 1. The number of aromatic nitrogens is 5. The zero-order valence-electron chi connectivity index (χ0n) is 21.2. The summed E-state index contributed by atoms with van der Waals surface area (Å²) in [6, 6.07) is 22.2. The molecule has 0 bridgehead atoms. The maximum Gasteiger partial charge on any atom is 0.335 e. The number of nitrogen functional groups attached to an aromatic ring is 1. The molecule has 11 heteroatoms. The van der Waals surface area contributed by atoms with Gasteiger partial charge in [-0.1, -0.05) is 0 Å². The van der Waals surface area contributed by atoms with Crippen LogP contribution in [0.4, 0.5) is 16.0 Å². The number of rotatable bonds is 6. The van der Waals surface area contributed by atoms with Gasteiger partial charge in [-0.3, -0.25) is 9.36 Å². The monoisotopic (exact) mass is 545 g/mol. The molecule has 0 fully saturated rings. The SMILES string of the molecule is Nc1ncccc1-c1nc2ccc(-c3ccc(F)cc3)nc2n1-c1ccc(NC(=O)c2ccc(C(=O)O)cc2)nc1. The minimum atomic E-state index is -1.08. The van der Waals surface area contributed by atoms with Crippen LogP contribution in [0.1, 0.15) is 20.7 Å². The van der Waals surface area contributed by atoms with E-state index >= 15 is 0 Å². The molecule has 0 aliphatic rings. The molecule has 0 aliphatic heterocycles. The Balaban J connectivity index is 1.39. The lowest BCUT2D eigenvalue weighted by molar-refractivity contribution is 0.0696. The number of nitrogens with one attached hydrogen (secondary N) is 1. The second kappa shape index (κ2) is 10.3. The number of hydrogen-bond donors (Lipinski definition) is 3. The molecule has 0 atom stereocenters. The predicted molar refractivity (Wildman–Crippen MR) is 151 cm³/mol. The van der Waals surface area contributed by atoms with Gasteiger partial charge in [0.1, 0.15) is 23.0 Å². The van der Waals surface area contributed by atoms with E-state index in [2.05, 4.69) is 15.3 Å². The van der Waals surface area contributed by atoms with Gasteiger partial charge in [-0.15, -0.1) is 0 Å². The molecule has 10 nitrogen and oxygen atoms in total. The van der Waals surface area contributed by atoms with Crippen LogP contribution in [0, 0.1) is 5.82 Å². The third-order valence-corrected chi connectivity index (χ3v) is 6.37. The number of fused-ring (bicyclic) bond motifs is 1. The maximum atomic E-state index is 13.5. The molecule has 4 heterocycles. The van der Waals surface area contributed by atoms with Crippen molar-refractivity contribution in [3.63, 3.8) is 0 Å². The standard InChI is InChI=1S/C30H20FN7O3/c31-20-9-7-17(8-10-20)23-12-13-24-28(35-23)38(27(36-24)22-2-1-15-33-26(22)32)21-11-14-25(34-16-21)37-29(39)18-3-5-19(6-4-18)30(40)41/h1-16H,(H2,32,33)(H,40,41)(H,34,37,39). The number of anilines is 2. The zero-order chi connectivity index (χ0) is 28.5. The average Bonchev–Trinajstić information content (AvgIpc) is 3.37. The Bertz CT molecular complexity index is 1920. The Morgan fingerprint density at radius 1 is 0.854 bits per heavy atom. The van der Waals surface area contributed by atoms with E-state index in [1.807, 2.05) is 12.1 Å². The van der Waals surface area contributed by atoms with E-state index in [1.165, 1.54) is 36.4 Å². The van der Waals surface area contributed by atoms with Gasteiger partial charge in [0.25, 0.3) is 5.91 Å². The van der Waals surface area contributed by atoms with Crippen LogP contribution < -0.4 is 11.1 Å². The quantitative estimate of drug-likeness (QED) is 0.258. The Kier molecular flexibility index (Phi) is 6.36. The summed E-state index contributed by atoms with van der Waals surface area (Å²) in [5.41, 5.74) is 10.2. The molecule has 0 aliphatic carbocycles. The second-order valence-corrected chi connectivity index (χ2v) is 8.99. The van der Waals surface area contributed by atoms with Gasteiger partial charge in [-0.05, 0) is 84.9 Å². The van der Waals surface area contributed by atoms with Crippen molar-refractivity contribution in [2.75, 3.05) is 11.1 Å². The lowest BCUT2D eigenvalue weighted by Gasteiger charge is -2.11. The van der Waals surface area contributed by atoms with E-state index in [1.54, 1.807) is 53.4 Å². The van der Waals surface area contributed by atoms with Crippen LogP contribution in [-0.2, 0) is 0 Å². The van der Waals surface area contributed by atoms with Crippen LogP contribution in [0.25, 0.3) is 39.5 Å². The zero-order valence-corrected chi connectivity index (χ0v) is 21.2. The van der Waals surface area contributed by atoms with E-state index in [4.69, 9.17) is 20.8 Å². The van der Waals surface area contributed by atoms with Crippen LogP contribution in [0.2, 0.25) is 0 Å². The van der Waals surface area contributed by atoms with Crippen LogP contribution in [0.5, 0.6) is 0 Å². The number of aromatic carboxylic acids is 1. The van der Waals surface area contributed by atoms with E-state index in [0.29, 0.717) is 33.9 Å². The second-order valence-electron chi connectivity index (χ2n) is 8.99. The third kappa shape index (κ3) is 4.94.